The monoisotopic (exact) mass is 328 g/mol. The normalized spacial score (nSPS) is 10.3. The van der Waals surface area contributed by atoms with Gasteiger partial charge in [-0.05, 0) is 55.7 Å². The van der Waals surface area contributed by atoms with E-state index in [-0.39, 0.29) is 5.91 Å². The van der Waals surface area contributed by atoms with E-state index < -0.39 is 0 Å². The molecule has 128 valence electrons. The minimum atomic E-state index is -0.0985. The smallest absolute Gasteiger partial charge is 0.224 e. The van der Waals surface area contributed by atoms with Gasteiger partial charge in [0.15, 0.2) is 0 Å². The molecule has 0 unspecified atom stereocenters. The molecule has 0 aliphatic carbocycles. The Labute approximate surface area is 142 Å². The van der Waals surface area contributed by atoms with Crippen molar-refractivity contribution in [3.63, 3.8) is 0 Å². The van der Waals surface area contributed by atoms with Crippen LogP contribution >= 0.6 is 0 Å². The first-order chi connectivity index (χ1) is 11.5. The van der Waals surface area contributed by atoms with Crippen molar-refractivity contribution in [1.82, 2.24) is 0 Å². The lowest BCUT2D eigenvalue weighted by Crippen LogP contribution is -2.14. The Hall–Kier alpha value is -2.69. The van der Waals surface area contributed by atoms with E-state index in [1.54, 1.807) is 25.3 Å². The lowest BCUT2D eigenvalue weighted by atomic mass is 10.1. The molecule has 0 aliphatic rings. The molecule has 0 spiro atoms. The predicted molar refractivity (Wildman–Crippen MR) is 96.7 cm³/mol. The van der Waals surface area contributed by atoms with Gasteiger partial charge in [0.1, 0.15) is 11.5 Å². The number of ether oxygens (including phenoxy) is 2. The van der Waals surface area contributed by atoms with E-state index in [1.807, 2.05) is 25.1 Å². The molecule has 0 radical (unpaired) electrons. The molecular weight excluding hydrogens is 304 g/mol. The average Bonchev–Trinajstić information content (AvgIpc) is 2.57. The summed E-state index contributed by atoms with van der Waals surface area (Å²) in [5.41, 5.74) is 9.36. The Balaban J connectivity index is 1.78. The predicted octanol–water partition coefficient (Wildman–Crippen LogP) is 3.69. The van der Waals surface area contributed by atoms with Gasteiger partial charge in [-0.3, -0.25) is 4.79 Å². The van der Waals surface area contributed by atoms with Gasteiger partial charge in [-0.25, -0.2) is 0 Å². The lowest BCUT2D eigenvalue weighted by Gasteiger charge is -2.11. The average molecular weight is 328 g/mol. The van der Waals surface area contributed by atoms with Crippen LogP contribution in [0.3, 0.4) is 0 Å². The molecule has 2 rings (SSSR count). The second-order valence-electron chi connectivity index (χ2n) is 5.70. The number of nitrogens with two attached hydrogens (primary N) is 1. The third-order valence-corrected chi connectivity index (χ3v) is 3.83. The van der Waals surface area contributed by atoms with Gasteiger partial charge in [-0.2, -0.15) is 0 Å². The standard InChI is InChI=1S/C19H24N2O3/c1-13-6-7-16(11-14(13)2)24-10-4-5-19(22)21-18-12-15(23-3)8-9-17(18)20/h6-9,11-12H,4-5,10,20H2,1-3H3,(H,21,22). The molecule has 24 heavy (non-hydrogen) atoms. The van der Waals surface area contributed by atoms with Crippen LogP contribution < -0.4 is 20.5 Å². The fourth-order valence-corrected chi connectivity index (χ4v) is 2.21. The van der Waals surface area contributed by atoms with Gasteiger partial charge in [0, 0.05) is 12.5 Å². The highest BCUT2D eigenvalue weighted by Crippen LogP contribution is 2.24. The van der Waals surface area contributed by atoms with Crippen molar-refractivity contribution in [2.24, 2.45) is 0 Å². The summed E-state index contributed by atoms with van der Waals surface area (Å²) in [7, 11) is 1.57. The summed E-state index contributed by atoms with van der Waals surface area (Å²) in [5.74, 6) is 1.38. The molecular formula is C19H24N2O3. The third-order valence-electron chi connectivity index (χ3n) is 3.83. The fourth-order valence-electron chi connectivity index (χ4n) is 2.21. The number of rotatable bonds is 7. The summed E-state index contributed by atoms with van der Waals surface area (Å²) < 4.78 is 10.8. The topological polar surface area (TPSA) is 73.6 Å². The first kappa shape index (κ1) is 17.7. The number of methoxy groups -OCH3 is 1. The number of carbonyl (C=O) groups is 1. The van der Waals surface area contributed by atoms with Crippen molar-refractivity contribution in [2.45, 2.75) is 26.7 Å². The van der Waals surface area contributed by atoms with Crippen LogP contribution in [0.15, 0.2) is 36.4 Å². The van der Waals surface area contributed by atoms with Gasteiger partial charge in [0.05, 0.1) is 25.1 Å². The van der Waals surface area contributed by atoms with Gasteiger partial charge in [0.25, 0.3) is 0 Å². The molecule has 0 bridgehead atoms. The Morgan fingerprint density at radius 2 is 1.83 bits per heavy atom. The number of anilines is 2. The van der Waals surface area contributed by atoms with Gasteiger partial charge in [0.2, 0.25) is 5.91 Å². The molecule has 2 aromatic carbocycles. The highest BCUT2D eigenvalue weighted by molar-refractivity contribution is 5.94. The number of benzene rings is 2. The Kier molecular flexibility index (Phi) is 6.07. The van der Waals surface area contributed by atoms with E-state index in [1.165, 1.54) is 11.1 Å². The maximum absolute atomic E-state index is 12.0. The zero-order valence-corrected chi connectivity index (χ0v) is 14.4. The van der Waals surface area contributed by atoms with Crippen molar-refractivity contribution in [3.05, 3.63) is 47.5 Å². The first-order valence-corrected chi connectivity index (χ1v) is 7.93. The summed E-state index contributed by atoms with van der Waals surface area (Å²) in [5, 5.41) is 2.80. The van der Waals surface area contributed by atoms with Crippen LogP contribution in [0.4, 0.5) is 11.4 Å². The Bertz CT molecular complexity index is 714. The molecule has 1 amide bonds. The maximum Gasteiger partial charge on any atom is 0.224 e. The van der Waals surface area contributed by atoms with Crippen LogP contribution in [0.25, 0.3) is 0 Å². The summed E-state index contributed by atoms with van der Waals surface area (Å²) in [6.07, 6.45) is 0.990. The third kappa shape index (κ3) is 4.91. The number of aryl methyl sites for hydroxylation is 2. The van der Waals surface area contributed by atoms with Gasteiger partial charge in [-0.1, -0.05) is 6.07 Å². The SMILES string of the molecule is COc1ccc(N)c(NC(=O)CCCOc2ccc(C)c(C)c2)c1. The fraction of sp³-hybridized carbons (Fsp3) is 0.316. The summed E-state index contributed by atoms with van der Waals surface area (Å²) >= 11 is 0. The summed E-state index contributed by atoms with van der Waals surface area (Å²) in [6.45, 7) is 4.60. The first-order valence-electron chi connectivity index (χ1n) is 7.93. The molecule has 5 heteroatoms. The van der Waals surface area contributed by atoms with Crippen molar-refractivity contribution in [2.75, 3.05) is 24.8 Å². The second kappa shape index (κ2) is 8.24. The Morgan fingerprint density at radius 3 is 2.54 bits per heavy atom. The van der Waals surface area contributed by atoms with Crippen LogP contribution in [0, 0.1) is 13.8 Å². The lowest BCUT2D eigenvalue weighted by molar-refractivity contribution is -0.116. The van der Waals surface area contributed by atoms with Crippen LogP contribution in [-0.4, -0.2) is 19.6 Å². The quantitative estimate of drug-likeness (QED) is 0.600. The zero-order valence-electron chi connectivity index (χ0n) is 14.4. The van der Waals surface area contributed by atoms with Crippen LogP contribution in [-0.2, 0) is 4.79 Å². The number of carbonyl (C=O) groups excluding carboxylic acids is 1. The Morgan fingerprint density at radius 1 is 1.08 bits per heavy atom. The molecule has 0 aliphatic heterocycles. The molecule has 0 saturated carbocycles. The van der Waals surface area contributed by atoms with Crippen molar-refractivity contribution < 1.29 is 14.3 Å². The van der Waals surface area contributed by atoms with Crippen LogP contribution in [0.5, 0.6) is 11.5 Å². The molecule has 0 atom stereocenters. The minimum Gasteiger partial charge on any atom is -0.497 e. The van der Waals surface area contributed by atoms with Gasteiger partial charge in [-0.15, -0.1) is 0 Å². The molecule has 0 fully saturated rings. The number of nitrogens with one attached hydrogen (secondary N) is 1. The number of hydrogen-bond acceptors (Lipinski definition) is 4. The highest BCUT2D eigenvalue weighted by Gasteiger charge is 2.07. The summed E-state index contributed by atoms with van der Waals surface area (Å²) in [6, 6.07) is 11.1. The number of nitrogen functional groups attached to an aromatic ring is 1. The van der Waals surface area contributed by atoms with Gasteiger partial charge < -0.3 is 20.5 Å². The van der Waals surface area contributed by atoms with E-state index in [9.17, 15) is 4.79 Å². The molecule has 0 saturated heterocycles. The number of amides is 1. The molecule has 0 aromatic heterocycles. The molecule has 5 nitrogen and oxygen atoms in total. The highest BCUT2D eigenvalue weighted by atomic mass is 16.5. The van der Waals surface area contributed by atoms with Crippen molar-refractivity contribution in [3.8, 4) is 11.5 Å². The van der Waals surface area contributed by atoms with E-state index >= 15 is 0 Å². The molecule has 3 N–H and O–H groups in total. The zero-order chi connectivity index (χ0) is 17.5. The van der Waals surface area contributed by atoms with E-state index in [4.69, 9.17) is 15.2 Å². The summed E-state index contributed by atoms with van der Waals surface area (Å²) in [4.78, 5) is 12.0. The minimum absolute atomic E-state index is 0.0985. The van der Waals surface area contributed by atoms with Crippen molar-refractivity contribution in [1.29, 1.82) is 0 Å². The molecule has 0 heterocycles. The largest absolute Gasteiger partial charge is 0.497 e. The maximum atomic E-state index is 12.0. The van der Waals surface area contributed by atoms with Crippen LogP contribution in [0.2, 0.25) is 0 Å². The molecule has 2 aromatic rings. The van der Waals surface area contributed by atoms with Crippen molar-refractivity contribution >= 4 is 17.3 Å². The van der Waals surface area contributed by atoms with Gasteiger partial charge >= 0.3 is 0 Å². The number of hydrogen-bond donors (Lipinski definition) is 2. The van der Waals surface area contributed by atoms with E-state index in [0.29, 0.717) is 36.6 Å². The second-order valence-corrected chi connectivity index (χ2v) is 5.70. The van der Waals surface area contributed by atoms with E-state index in [0.717, 1.165) is 5.75 Å². The van der Waals surface area contributed by atoms with Crippen LogP contribution in [0.1, 0.15) is 24.0 Å². The van der Waals surface area contributed by atoms with E-state index in [2.05, 4.69) is 12.2 Å².